The molecule has 2 heterocycles. The Morgan fingerprint density at radius 3 is 3.00 bits per heavy atom. The van der Waals surface area contributed by atoms with Crippen LogP contribution in [0.15, 0.2) is 47.1 Å². The van der Waals surface area contributed by atoms with E-state index in [0.717, 1.165) is 48.0 Å². The summed E-state index contributed by atoms with van der Waals surface area (Å²) in [6.45, 7) is 1.61. The topological polar surface area (TPSA) is 33.5 Å². The molecule has 23 heavy (non-hydrogen) atoms. The molecule has 1 atom stereocenters. The van der Waals surface area contributed by atoms with E-state index in [1.807, 2.05) is 53.1 Å². The van der Waals surface area contributed by atoms with Crippen LogP contribution in [-0.2, 0) is 11.2 Å². The minimum Gasteiger partial charge on any atom is -0.468 e. The maximum Gasteiger partial charge on any atom is 0.222 e. The zero-order valence-electron chi connectivity index (χ0n) is 12.9. The van der Waals surface area contributed by atoms with Crippen LogP contribution in [0.4, 0.5) is 0 Å². The van der Waals surface area contributed by atoms with E-state index >= 15 is 0 Å². The van der Waals surface area contributed by atoms with Gasteiger partial charge in [-0.3, -0.25) is 4.79 Å². The zero-order chi connectivity index (χ0) is 16.1. The molecule has 0 saturated carbocycles. The molecular formula is C18H20ClNO2S. The normalized spacial score (nSPS) is 18.7. The largest absolute Gasteiger partial charge is 0.468 e. The molecule has 3 nitrogen and oxygen atoms in total. The summed E-state index contributed by atoms with van der Waals surface area (Å²) in [6.07, 6.45) is 3.94. The van der Waals surface area contributed by atoms with Gasteiger partial charge >= 0.3 is 0 Å². The Morgan fingerprint density at radius 2 is 2.22 bits per heavy atom. The lowest BCUT2D eigenvalue weighted by atomic mass is 10.1. The fraction of sp³-hybridized carbons (Fsp3) is 0.389. The van der Waals surface area contributed by atoms with Crippen molar-refractivity contribution in [3.05, 3.63) is 59.0 Å². The second kappa shape index (κ2) is 7.93. The first-order valence-corrected chi connectivity index (χ1v) is 9.32. The van der Waals surface area contributed by atoms with Crippen LogP contribution in [0, 0.1) is 0 Å². The van der Waals surface area contributed by atoms with Crippen molar-refractivity contribution in [2.75, 3.05) is 18.8 Å². The molecule has 0 radical (unpaired) electrons. The number of aryl methyl sites for hydroxylation is 1. The predicted molar refractivity (Wildman–Crippen MR) is 94.9 cm³/mol. The van der Waals surface area contributed by atoms with E-state index in [1.165, 1.54) is 0 Å². The van der Waals surface area contributed by atoms with Gasteiger partial charge in [-0.25, -0.2) is 0 Å². The van der Waals surface area contributed by atoms with Crippen LogP contribution in [0.25, 0.3) is 0 Å². The summed E-state index contributed by atoms with van der Waals surface area (Å²) in [5.74, 6) is 2.20. The number of rotatable bonds is 4. The molecule has 3 rings (SSSR count). The molecule has 1 aliphatic rings. The Balaban J connectivity index is 1.52. The minimum absolute atomic E-state index is 0.227. The molecule has 1 saturated heterocycles. The Bertz CT molecular complexity index is 644. The van der Waals surface area contributed by atoms with Crippen LogP contribution in [-0.4, -0.2) is 29.6 Å². The fourth-order valence-electron chi connectivity index (χ4n) is 2.82. The lowest BCUT2D eigenvalue weighted by Gasteiger charge is -2.20. The first-order chi connectivity index (χ1) is 11.2. The molecule has 0 N–H and O–H groups in total. The quantitative estimate of drug-likeness (QED) is 0.810. The Labute approximate surface area is 146 Å². The van der Waals surface area contributed by atoms with Crippen LogP contribution in [0.1, 0.15) is 29.4 Å². The summed E-state index contributed by atoms with van der Waals surface area (Å²) in [4.78, 5) is 14.4. The van der Waals surface area contributed by atoms with Crippen LogP contribution >= 0.6 is 23.4 Å². The highest BCUT2D eigenvalue weighted by Crippen LogP contribution is 2.34. The number of thioether (sulfide) groups is 1. The number of hydrogen-bond donors (Lipinski definition) is 0. The zero-order valence-corrected chi connectivity index (χ0v) is 14.5. The van der Waals surface area contributed by atoms with Gasteiger partial charge in [-0.2, -0.15) is 0 Å². The molecule has 1 aliphatic heterocycles. The number of halogens is 1. The minimum atomic E-state index is 0.227. The van der Waals surface area contributed by atoms with Crippen molar-refractivity contribution in [3.63, 3.8) is 0 Å². The molecule has 0 spiro atoms. The fourth-order valence-corrected chi connectivity index (χ4v) is 4.22. The molecule has 1 amide bonds. The van der Waals surface area contributed by atoms with E-state index in [9.17, 15) is 4.79 Å². The Kier molecular flexibility index (Phi) is 5.68. The van der Waals surface area contributed by atoms with E-state index in [0.29, 0.717) is 11.7 Å². The second-order valence-electron chi connectivity index (χ2n) is 5.67. The van der Waals surface area contributed by atoms with E-state index < -0.39 is 0 Å². The summed E-state index contributed by atoms with van der Waals surface area (Å²) >= 11 is 7.86. The van der Waals surface area contributed by atoms with Gasteiger partial charge in [-0.15, -0.1) is 11.8 Å². The summed E-state index contributed by atoms with van der Waals surface area (Å²) in [5.41, 5.74) is 1.11. The third kappa shape index (κ3) is 4.55. The van der Waals surface area contributed by atoms with Gasteiger partial charge in [0, 0.05) is 30.3 Å². The molecule has 0 bridgehead atoms. The van der Waals surface area contributed by atoms with E-state index in [4.69, 9.17) is 16.0 Å². The standard InChI is InChI=1S/C18H20ClNO2S/c19-15-4-1-3-14(13-15)6-7-18(21)20-9-8-17(23-12-10-20)16-5-2-11-22-16/h1-5,11,13,17H,6-10,12H2/t17-/m0/s1. The number of furan rings is 1. The number of benzene rings is 1. The second-order valence-corrected chi connectivity index (χ2v) is 7.42. The maximum absolute atomic E-state index is 12.5. The van der Waals surface area contributed by atoms with Crippen LogP contribution in [0.3, 0.4) is 0 Å². The average Bonchev–Trinajstić information content (AvgIpc) is 2.97. The Morgan fingerprint density at radius 1 is 1.30 bits per heavy atom. The molecular weight excluding hydrogens is 330 g/mol. The van der Waals surface area contributed by atoms with Gasteiger partial charge in [0.1, 0.15) is 5.76 Å². The van der Waals surface area contributed by atoms with Gasteiger partial charge in [0.2, 0.25) is 5.91 Å². The van der Waals surface area contributed by atoms with Crippen molar-refractivity contribution >= 4 is 29.3 Å². The SMILES string of the molecule is O=C(CCc1cccc(Cl)c1)N1CCS[C@H](c2ccco2)CC1. The van der Waals surface area contributed by atoms with Crippen LogP contribution in [0.5, 0.6) is 0 Å². The van der Waals surface area contributed by atoms with Gasteiger partial charge in [-0.1, -0.05) is 23.7 Å². The molecule has 1 aromatic carbocycles. The first-order valence-electron chi connectivity index (χ1n) is 7.89. The Hall–Kier alpha value is -1.39. The van der Waals surface area contributed by atoms with Gasteiger partial charge in [0.05, 0.1) is 11.5 Å². The van der Waals surface area contributed by atoms with Gasteiger partial charge in [0.25, 0.3) is 0 Å². The van der Waals surface area contributed by atoms with Crippen molar-refractivity contribution in [3.8, 4) is 0 Å². The van der Waals surface area contributed by atoms with Crippen molar-refractivity contribution < 1.29 is 9.21 Å². The number of carbonyl (C=O) groups excluding carboxylic acids is 1. The lowest BCUT2D eigenvalue weighted by molar-refractivity contribution is -0.130. The summed E-state index contributed by atoms with van der Waals surface area (Å²) in [5, 5.41) is 1.08. The van der Waals surface area contributed by atoms with Gasteiger partial charge < -0.3 is 9.32 Å². The highest BCUT2D eigenvalue weighted by atomic mass is 35.5. The van der Waals surface area contributed by atoms with E-state index in [-0.39, 0.29) is 5.91 Å². The molecule has 1 aromatic heterocycles. The third-order valence-corrected chi connectivity index (χ3v) is 5.59. The molecule has 1 fully saturated rings. The summed E-state index contributed by atoms with van der Waals surface area (Å²) < 4.78 is 5.50. The van der Waals surface area contributed by atoms with Gasteiger partial charge in [0.15, 0.2) is 0 Å². The third-order valence-electron chi connectivity index (χ3n) is 4.07. The summed E-state index contributed by atoms with van der Waals surface area (Å²) in [7, 11) is 0. The first kappa shape index (κ1) is 16.5. The van der Waals surface area contributed by atoms with Crippen molar-refractivity contribution in [2.45, 2.75) is 24.5 Å². The van der Waals surface area contributed by atoms with Crippen molar-refractivity contribution in [2.24, 2.45) is 0 Å². The van der Waals surface area contributed by atoms with Crippen molar-refractivity contribution in [1.29, 1.82) is 0 Å². The van der Waals surface area contributed by atoms with E-state index in [2.05, 4.69) is 0 Å². The number of nitrogens with zero attached hydrogens (tertiary/aromatic N) is 1. The van der Waals surface area contributed by atoms with Gasteiger partial charge in [-0.05, 0) is 42.7 Å². The predicted octanol–water partition coefficient (Wildman–Crippen LogP) is 4.57. The number of carbonyl (C=O) groups is 1. The van der Waals surface area contributed by atoms with Crippen LogP contribution < -0.4 is 0 Å². The molecule has 0 unspecified atom stereocenters. The smallest absolute Gasteiger partial charge is 0.222 e. The van der Waals surface area contributed by atoms with E-state index in [1.54, 1.807) is 6.26 Å². The number of hydrogen-bond acceptors (Lipinski definition) is 3. The average molecular weight is 350 g/mol. The van der Waals surface area contributed by atoms with Crippen molar-refractivity contribution in [1.82, 2.24) is 4.90 Å². The highest BCUT2D eigenvalue weighted by Gasteiger charge is 2.23. The molecule has 0 aliphatic carbocycles. The molecule has 2 aromatic rings. The summed E-state index contributed by atoms with van der Waals surface area (Å²) in [6, 6.07) is 11.7. The maximum atomic E-state index is 12.5. The lowest BCUT2D eigenvalue weighted by Crippen LogP contribution is -2.33. The monoisotopic (exact) mass is 349 g/mol. The van der Waals surface area contributed by atoms with Crippen LogP contribution in [0.2, 0.25) is 5.02 Å². The number of amides is 1. The molecule has 5 heteroatoms. The molecule has 122 valence electrons. The highest BCUT2D eigenvalue weighted by molar-refractivity contribution is 7.99.